The van der Waals surface area contributed by atoms with Gasteiger partial charge in [0.1, 0.15) is 0 Å². The molecule has 0 saturated heterocycles. The van der Waals surface area contributed by atoms with E-state index in [2.05, 4.69) is 4.98 Å². The largest absolute Gasteiger partial charge is 0.326 e. The first-order valence-corrected chi connectivity index (χ1v) is 5.42. The van der Waals surface area contributed by atoms with Crippen molar-refractivity contribution in [3.8, 4) is 0 Å². The minimum absolute atomic E-state index is 0.000613. The van der Waals surface area contributed by atoms with Crippen molar-refractivity contribution >= 4 is 10.9 Å². The first-order valence-electron chi connectivity index (χ1n) is 5.42. The van der Waals surface area contributed by atoms with E-state index in [1.165, 1.54) is 0 Å². The number of aromatic nitrogens is 2. The summed E-state index contributed by atoms with van der Waals surface area (Å²) in [5, 5.41) is 0.647. The summed E-state index contributed by atoms with van der Waals surface area (Å²) in [4.78, 5) is 16.3. The molecule has 0 aliphatic heterocycles. The van der Waals surface area contributed by atoms with Crippen molar-refractivity contribution in [3.05, 3.63) is 40.9 Å². The summed E-state index contributed by atoms with van der Waals surface area (Å²) in [6.07, 6.45) is 2.42. The summed E-state index contributed by atoms with van der Waals surface area (Å²) in [5.41, 5.74) is 6.54. The Morgan fingerprint density at radius 1 is 1.44 bits per heavy atom. The van der Waals surface area contributed by atoms with Crippen molar-refractivity contribution in [3.63, 3.8) is 0 Å². The van der Waals surface area contributed by atoms with Crippen LogP contribution in [-0.2, 0) is 6.54 Å². The van der Waals surface area contributed by atoms with Gasteiger partial charge < -0.3 is 5.73 Å². The molecule has 1 heterocycles. The van der Waals surface area contributed by atoms with Crippen LogP contribution in [0.4, 0.5) is 0 Å². The molecule has 0 fully saturated rings. The fourth-order valence-electron chi connectivity index (χ4n) is 1.62. The van der Waals surface area contributed by atoms with Crippen molar-refractivity contribution in [1.82, 2.24) is 9.55 Å². The third-order valence-corrected chi connectivity index (χ3v) is 2.69. The average molecular weight is 217 g/mol. The first-order chi connectivity index (χ1) is 7.72. The highest BCUT2D eigenvalue weighted by Crippen LogP contribution is 2.04. The Kier molecular flexibility index (Phi) is 3.01. The maximum atomic E-state index is 12.0. The van der Waals surface area contributed by atoms with Gasteiger partial charge in [-0.2, -0.15) is 0 Å². The molecular weight excluding hydrogens is 202 g/mol. The molecule has 1 unspecified atom stereocenters. The lowest BCUT2D eigenvalue weighted by Crippen LogP contribution is -2.31. The van der Waals surface area contributed by atoms with E-state index in [0.717, 1.165) is 11.9 Å². The number of hydrogen-bond donors (Lipinski definition) is 1. The zero-order valence-electron chi connectivity index (χ0n) is 9.26. The van der Waals surface area contributed by atoms with E-state index in [4.69, 9.17) is 5.73 Å². The maximum absolute atomic E-state index is 12.0. The van der Waals surface area contributed by atoms with Gasteiger partial charge in [0.2, 0.25) is 0 Å². The number of para-hydroxylation sites is 1. The van der Waals surface area contributed by atoms with Gasteiger partial charge in [0.05, 0.1) is 17.2 Å². The molecule has 4 heteroatoms. The van der Waals surface area contributed by atoms with E-state index in [1.54, 1.807) is 17.0 Å². The second kappa shape index (κ2) is 4.45. The molecule has 0 aliphatic carbocycles. The molecule has 0 bridgehead atoms. The predicted molar refractivity (Wildman–Crippen MR) is 64.3 cm³/mol. The highest BCUT2D eigenvalue weighted by molar-refractivity contribution is 5.76. The van der Waals surface area contributed by atoms with Crippen LogP contribution < -0.4 is 11.3 Å². The number of fused-ring (bicyclic) bond motifs is 1. The lowest BCUT2D eigenvalue weighted by molar-refractivity contribution is 0.525. The molecule has 0 spiro atoms. The van der Waals surface area contributed by atoms with Crippen LogP contribution in [0, 0.1) is 0 Å². The quantitative estimate of drug-likeness (QED) is 0.838. The molecule has 0 aliphatic rings. The Balaban J connectivity index is 2.49. The molecule has 2 aromatic rings. The molecule has 16 heavy (non-hydrogen) atoms. The summed E-state index contributed by atoms with van der Waals surface area (Å²) < 4.78 is 1.58. The zero-order valence-corrected chi connectivity index (χ0v) is 9.26. The van der Waals surface area contributed by atoms with E-state index in [1.807, 2.05) is 25.1 Å². The standard InChI is InChI=1S/C12H15N3O/c1-2-9(13)7-15-8-14-11-6-4-3-5-10(11)12(15)16/h3-6,8-9H,2,7,13H2,1H3. The van der Waals surface area contributed by atoms with Crippen LogP contribution >= 0.6 is 0 Å². The van der Waals surface area contributed by atoms with Crippen LogP contribution in [0.15, 0.2) is 35.4 Å². The zero-order chi connectivity index (χ0) is 11.5. The van der Waals surface area contributed by atoms with Gasteiger partial charge in [-0.05, 0) is 18.6 Å². The van der Waals surface area contributed by atoms with E-state index >= 15 is 0 Å². The van der Waals surface area contributed by atoms with Gasteiger partial charge in [0, 0.05) is 12.6 Å². The van der Waals surface area contributed by atoms with Crippen LogP contribution in [0.25, 0.3) is 10.9 Å². The van der Waals surface area contributed by atoms with Crippen molar-refractivity contribution < 1.29 is 0 Å². The molecule has 84 valence electrons. The smallest absolute Gasteiger partial charge is 0.261 e. The SMILES string of the molecule is CCC(N)Cn1cnc2ccccc2c1=O. The summed E-state index contributed by atoms with van der Waals surface area (Å²) in [7, 11) is 0. The Hall–Kier alpha value is -1.68. The molecule has 4 nitrogen and oxygen atoms in total. The third-order valence-electron chi connectivity index (χ3n) is 2.69. The number of nitrogens with zero attached hydrogens (tertiary/aromatic N) is 2. The van der Waals surface area contributed by atoms with Crippen molar-refractivity contribution in [2.24, 2.45) is 5.73 Å². The van der Waals surface area contributed by atoms with E-state index in [-0.39, 0.29) is 11.6 Å². The van der Waals surface area contributed by atoms with Gasteiger partial charge >= 0.3 is 0 Å². The Bertz CT molecular complexity index is 547. The van der Waals surface area contributed by atoms with Gasteiger partial charge in [0.15, 0.2) is 0 Å². The van der Waals surface area contributed by atoms with Gasteiger partial charge in [0.25, 0.3) is 5.56 Å². The molecule has 2 N–H and O–H groups in total. The third kappa shape index (κ3) is 1.97. The number of rotatable bonds is 3. The molecule has 0 radical (unpaired) electrons. The van der Waals surface area contributed by atoms with Gasteiger partial charge in [-0.25, -0.2) is 4.98 Å². The Labute approximate surface area is 93.7 Å². The summed E-state index contributed by atoms with van der Waals surface area (Å²) in [5.74, 6) is 0. The summed E-state index contributed by atoms with van der Waals surface area (Å²) in [6.45, 7) is 2.53. The topological polar surface area (TPSA) is 60.9 Å². The highest BCUT2D eigenvalue weighted by Gasteiger charge is 2.05. The summed E-state index contributed by atoms with van der Waals surface area (Å²) in [6, 6.07) is 7.34. The Morgan fingerprint density at radius 3 is 2.94 bits per heavy atom. The first kappa shape index (κ1) is 10.8. The Morgan fingerprint density at radius 2 is 2.19 bits per heavy atom. The maximum Gasteiger partial charge on any atom is 0.261 e. The van der Waals surface area contributed by atoms with Crippen LogP contribution in [0.3, 0.4) is 0 Å². The molecule has 1 aromatic heterocycles. The summed E-state index contributed by atoms with van der Waals surface area (Å²) >= 11 is 0. The monoisotopic (exact) mass is 217 g/mol. The lowest BCUT2D eigenvalue weighted by atomic mass is 10.2. The van der Waals surface area contributed by atoms with E-state index < -0.39 is 0 Å². The van der Waals surface area contributed by atoms with Crippen LogP contribution in [0.1, 0.15) is 13.3 Å². The fraction of sp³-hybridized carbons (Fsp3) is 0.333. The molecular formula is C12H15N3O. The van der Waals surface area contributed by atoms with Crippen molar-refractivity contribution in [2.45, 2.75) is 25.9 Å². The van der Waals surface area contributed by atoms with Crippen molar-refractivity contribution in [2.75, 3.05) is 0 Å². The van der Waals surface area contributed by atoms with Gasteiger partial charge in [-0.15, -0.1) is 0 Å². The number of hydrogen-bond acceptors (Lipinski definition) is 3. The van der Waals surface area contributed by atoms with Crippen LogP contribution in [-0.4, -0.2) is 15.6 Å². The second-order valence-electron chi connectivity index (χ2n) is 3.89. The number of nitrogens with two attached hydrogens (primary N) is 1. The molecule has 0 saturated carbocycles. The van der Waals surface area contributed by atoms with Crippen LogP contribution in [0.5, 0.6) is 0 Å². The molecule has 1 aromatic carbocycles. The molecule has 2 rings (SSSR count). The lowest BCUT2D eigenvalue weighted by Gasteiger charge is -2.11. The normalized spacial score (nSPS) is 12.9. The number of benzene rings is 1. The molecule has 1 atom stereocenters. The second-order valence-corrected chi connectivity index (χ2v) is 3.89. The minimum atomic E-state index is -0.0190. The van der Waals surface area contributed by atoms with Crippen molar-refractivity contribution in [1.29, 1.82) is 0 Å². The minimum Gasteiger partial charge on any atom is -0.326 e. The van der Waals surface area contributed by atoms with E-state index in [0.29, 0.717) is 11.9 Å². The van der Waals surface area contributed by atoms with Gasteiger partial charge in [-0.3, -0.25) is 9.36 Å². The van der Waals surface area contributed by atoms with E-state index in [9.17, 15) is 4.79 Å². The highest BCUT2D eigenvalue weighted by atomic mass is 16.1. The molecule has 0 amide bonds. The fourth-order valence-corrected chi connectivity index (χ4v) is 1.62. The average Bonchev–Trinajstić information content (AvgIpc) is 2.33. The van der Waals surface area contributed by atoms with Crippen LogP contribution in [0.2, 0.25) is 0 Å². The van der Waals surface area contributed by atoms with Gasteiger partial charge in [-0.1, -0.05) is 19.1 Å². The predicted octanol–water partition coefficient (Wildman–Crippen LogP) is 1.13.